The summed E-state index contributed by atoms with van der Waals surface area (Å²) in [5, 5.41) is 12.3. The number of hydrogen-bond donors (Lipinski definition) is 3. The van der Waals surface area contributed by atoms with Gasteiger partial charge in [0.25, 0.3) is 0 Å². The molecule has 6 heteroatoms. The molecule has 0 aromatic heterocycles. The van der Waals surface area contributed by atoms with Crippen LogP contribution in [-0.2, 0) is 4.79 Å². The second-order valence-corrected chi connectivity index (χ2v) is 5.33. The monoisotopic (exact) mass is 293 g/mol. The standard InChI is InChI=1S/C15H23N3O3/c1-21-14-10-11(16)2-3-13(14)17-15(20)6-9-18-7-4-12(19)5-8-18/h2-3,10,12,19H,4-9,16H2,1H3,(H,17,20). The van der Waals surface area contributed by atoms with Crippen molar-refractivity contribution in [3.63, 3.8) is 0 Å². The fourth-order valence-electron chi connectivity index (χ4n) is 2.43. The van der Waals surface area contributed by atoms with E-state index in [-0.39, 0.29) is 12.0 Å². The van der Waals surface area contributed by atoms with Crippen molar-refractivity contribution in [2.24, 2.45) is 0 Å². The Kier molecular flexibility index (Phi) is 5.41. The lowest BCUT2D eigenvalue weighted by atomic mass is 10.1. The number of aliphatic hydroxyl groups excluding tert-OH is 1. The Hall–Kier alpha value is -1.79. The van der Waals surface area contributed by atoms with Gasteiger partial charge in [0.05, 0.1) is 18.9 Å². The van der Waals surface area contributed by atoms with E-state index < -0.39 is 0 Å². The van der Waals surface area contributed by atoms with Crippen molar-refractivity contribution in [3.8, 4) is 5.75 Å². The number of ether oxygens (including phenoxy) is 1. The number of nitrogens with one attached hydrogen (secondary N) is 1. The molecule has 1 fully saturated rings. The molecule has 1 saturated heterocycles. The lowest BCUT2D eigenvalue weighted by Gasteiger charge is -2.29. The molecule has 2 rings (SSSR count). The average Bonchev–Trinajstić information content (AvgIpc) is 2.48. The molecule has 1 aromatic carbocycles. The Morgan fingerprint density at radius 3 is 2.86 bits per heavy atom. The van der Waals surface area contributed by atoms with Crippen LogP contribution in [0, 0.1) is 0 Å². The first-order valence-corrected chi connectivity index (χ1v) is 7.22. The number of hydrogen-bond acceptors (Lipinski definition) is 5. The van der Waals surface area contributed by atoms with Crippen molar-refractivity contribution in [1.82, 2.24) is 4.90 Å². The molecule has 1 amide bonds. The third-order valence-electron chi connectivity index (χ3n) is 3.71. The van der Waals surface area contributed by atoms with Crippen LogP contribution in [0.25, 0.3) is 0 Å². The molecule has 0 aliphatic carbocycles. The van der Waals surface area contributed by atoms with Gasteiger partial charge in [0.15, 0.2) is 0 Å². The number of carbonyl (C=O) groups is 1. The molecule has 0 bridgehead atoms. The van der Waals surface area contributed by atoms with Crippen LogP contribution < -0.4 is 15.8 Å². The maximum Gasteiger partial charge on any atom is 0.225 e. The first kappa shape index (κ1) is 15.6. The van der Waals surface area contributed by atoms with Crippen LogP contribution in [0.1, 0.15) is 19.3 Å². The third kappa shape index (κ3) is 4.61. The summed E-state index contributed by atoms with van der Waals surface area (Å²) >= 11 is 0. The number of nitrogens with two attached hydrogens (primary N) is 1. The summed E-state index contributed by atoms with van der Waals surface area (Å²) < 4.78 is 5.20. The number of piperidine rings is 1. The smallest absolute Gasteiger partial charge is 0.225 e. The molecule has 1 aromatic rings. The van der Waals surface area contributed by atoms with Crippen molar-refractivity contribution < 1.29 is 14.6 Å². The van der Waals surface area contributed by atoms with Gasteiger partial charge in [0.2, 0.25) is 5.91 Å². The number of carbonyl (C=O) groups excluding carboxylic acids is 1. The highest BCUT2D eigenvalue weighted by atomic mass is 16.5. The molecule has 0 atom stereocenters. The van der Waals surface area contributed by atoms with Crippen molar-refractivity contribution in [1.29, 1.82) is 0 Å². The molecule has 1 aliphatic rings. The maximum atomic E-state index is 12.0. The Morgan fingerprint density at radius 2 is 2.19 bits per heavy atom. The first-order chi connectivity index (χ1) is 10.1. The van der Waals surface area contributed by atoms with E-state index >= 15 is 0 Å². The zero-order valence-electron chi connectivity index (χ0n) is 12.3. The van der Waals surface area contributed by atoms with Gasteiger partial charge in [-0.25, -0.2) is 0 Å². The van der Waals surface area contributed by atoms with Crippen LogP contribution in [-0.4, -0.2) is 48.8 Å². The predicted molar refractivity (Wildman–Crippen MR) is 82.3 cm³/mol. The molecule has 0 radical (unpaired) electrons. The largest absolute Gasteiger partial charge is 0.494 e. The highest BCUT2D eigenvalue weighted by Crippen LogP contribution is 2.26. The van der Waals surface area contributed by atoms with Gasteiger partial charge in [0.1, 0.15) is 5.75 Å². The van der Waals surface area contributed by atoms with E-state index in [9.17, 15) is 9.90 Å². The number of nitrogens with zero attached hydrogens (tertiary/aromatic N) is 1. The zero-order valence-corrected chi connectivity index (χ0v) is 12.3. The summed E-state index contributed by atoms with van der Waals surface area (Å²) in [4.78, 5) is 14.2. The quantitative estimate of drug-likeness (QED) is 0.707. The lowest BCUT2D eigenvalue weighted by molar-refractivity contribution is -0.116. The van der Waals surface area contributed by atoms with Crippen molar-refractivity contribution >= 4 is 17.3 Å². The number of anilines is 2. The molecule has 0 unspecified atom stereocenters. The summed E-state index contributed by atoms with van der Waals surface area (Å²) in [5.74, 6) is 0.508. The van der Waals surface area contributed by atoms with E-state index in [0.717, 1.165) is 25.9 Å². The minimum atomic E-state index is -0.186. The summed E-state index contributed by atoms with van der Waals surface area (Å²) in [6, 6.07) is 5.15. The van der Waals surface area contributed by atoms with Crippen LogP contribution in [0.15, 0.2) is 18.2 Å². The van der Waals surface area contributed by atoms with E-state index in [2.05, 4.69) is 10.2 Å². The van der Waals surface area contributed by atoms with E-state index in [4.69, 9.17) is 10.5 Å². The SMILES string of the molecule is COc1cc(N)ccc1NC(=O)CCN1CCC(O)CC1. The first-order valence-electron chi connectivity index (χ1n) is 7.22. The van der Waals surface area contributed by atoms with Crippen molar-refractivity contribution in [2.45, 2.75) is 25.4 Å². The Balaban J connectivity index is 1.82. The van der Waals surface area contributed by atoms with Crippen LogP contribution in [0.2, 0.25) is 0 Å². The molecule has 21 heavy (non-hydrogen) atoms. The average molecular weight is 293 g/mol. The molecule has 1 heterocycles. The second kappa shape index (κ2) is 7.28. The number of aliphatic hydroxyl groups is 1. The number of rotatable bonds is 5. The maximum absolute atomic E-state index is 12.0. The lowest BCUT2D eigenvalue weighted by Crippen LogP contribution is -2.37. The van der Waals surface area contributed by atoms with Crippen LogP contribution in [0.3, 0.4) is 0 Å². The number of benzene rings is 1. The zero-order chi connectivity index (χ0) is 15.2. The van der Waals surface area contributed by atoms with E-state index in [1.54, 1.807) is 25.3 Å². The molecule has 4 N–H and O–H groups in total. The molecular weight excluding hydrogens is 270 g/mol. The summed E-state index contributed by atoms with van der Waals surface area (Å²) in [7, 11) is 1.55. The van der Waals surface area contributed by atoms with Crippen LogP contribution in [0.5, 0.6) is 5.75 Å². The highest BCUT2D eigenvalue weighted by molar-refractivity contribution is 5.92. The molecule has 1 aliphatic heterocycles. The Labute approximate surface area is 124 Å². The van der Waals surface area contributed by atoms with Gasteiger partial charge in [-0.2, -0.15) is 0 Å². The van der Waals surface area contributed by atoms with Gasteiger partial charge in [-0.15, -0.1) is 0 Å². The minimum Gasteiger partial charge on any atom is -0.494 e. The molecular formula is C15H23N3O3. The van der Waals surface area contributed by atoms with E-state index in [1.807, 2.05) is 0 Å². The van der Waals surface area contributed by atoms with Gasteiger partial charge < -0.3 is 25.8 Å². The van der Waals surface area contributed by atoms with Crippen molar-refractivity contribution in [3.05, 3.63) is 18.2 Å². The predicted octanol–water partition coefficient (Wildman–Crippen LogP) is 1.06. The van der Waals surface area contributed by atoms with Crippen LogP contribution >= 0.6 is 0 Å². The topological polar surface area (TPSA) is 87.8 Å². The summed E-state index contributed by atoms with van der Waals surface area (Å²) in [6.45, 7) is 2.40. The van der Waals surface area contributed by atoms with E-state index in [1.165, 1.54) is 0 Å². The minimum absolute atomic E-state index is 0.0517. The number of amides is 1. The molecule has 0 saturated carbocycles. The van der Waals surface area contributed by atoms with Gasteiger partial charge in [-0.3, -0.25) is 4.79 Å². The Morgan fingerprint density at radius 1 is 1.48 bits per heavy atom. The number of likely N-dealkylation sites (tertiary alicyclic amines) is 1. The summed E-state index contributed by atoms with van der Waals surface area (Å²) in [6.07, 6.45) is 1.80. The molecule has 0 spiro atoms. The number of methoxy groups -OCH3 is 1. The van der Waals surface area contributed by atoms with Gasteiger partial charge in [0, 0.05) is 37.8 Å². The third-order valence-corrected chi connectivity index (χ3v) is 3.71. The van der Waals surface area contributed by atoms with E-state index in [0.29, 0.717) is 30.1 Å². The fraction of sp³-hybridized carbons (Fsp3) is 0.533. The molecule has 116 valence electrons. The Bertz CT molecular complexity index is 485. The van der Waals surface area contributed by atoms with Crippen LogP contribution in [0.4, 0.5) is 11.4 Å². The van der Waals surface area contributed by atoms with Crippen molar-refractivity contribution in [2.75, 3.05) is 37.8 Å². The normalized spacial score (nSPS) is 16.7. The fourth-order valence-corrected chi connectivity index (χ4v) is 2.43. The van der Waals surface area contributed by atoms with Gasteiger partial charge >= 0.3 is 0 Å². The molecule has 6 nitrogen and oxygen atoms in total. The highest BCUT2D eigenvalue weighted by Gasteiger charge is 2.17. The second-order valence-electron chi connectivity index (χ2n) is 5.33. The summed E-state index contributed by atoms with van der Waals surface area (Å²) in [5.41, 5.74) is 6.91. The number of nitrogen functional groups attached to an aromatic ring is 1. The van der Waals surface area contributed by atoms with Gasteiger partial charge in [-0.1, -0.05) is 0 Å². The van der Waals surface area contributed by atoms with Gasteiger partial charge in [-0.05, 0) is 25.0 Å².